The van der Waals surface area contributed by atoms with Gasteiger partial charge in [0.1, 0.15) is 0 Å². The van der Waals surface area contributed by atoms with E-state index in [1.807, 2.05) is 6.07 Å². The van der Waals surface area contributed by atoms with Gasteiger partial charge in [-0.15, -0.1) is 0 Å². The monoisotopic (exact) mass is 311 g/mol. The van der Waals surface area contributed by atoms with Crippen LogP contribution in [0.15, 0.2) is 24.3 Å². The molecule has 1 aromatic heterocycles. The number of nitrogens with zero attached hydrogens (tertiary/aromatic N) is 1. The molecule has 4 nitrogen and oxygen atoms in total. The first-order valence-corrected chi connectivity index (χ1v) is 8.74. The zero-order chi connectivity index (χ0) is 16.0. The average molecular weight is 311 g/mol. The highest BCUT2D eigenvalue weighted by atomic mass is 16.2. The van der Waals surface area contributed by atoms with E-state index in [4.69, 9.17) is 0 Å². The molecule has 1 spiro atoms. The molecule has 0 radical (unpaired) electrons. The highest BCUT2D eigenvalue weighted by Crippen LogP contribution is 2.58. The summed E-state index contributed by atoms with van der Waals surface area (Å²) in [5.74, 6) is 0.417. The summed E-state index contributed by atoms with van der Waals surface area (Å²) in [5.41, 5.74) is 3.72. The zero-order valence-corrected chi connectivity index (χ0v) is 14.0. The molecule has 1 aliphatic carbocycles. The fourth-order valence-electron chi connectivity index (χ4n) is 4.33. The summed E-state index contributed by atoms with van der Waals surface area (Å²) in [6.07, 6.45) is 3.35. The third-order valence-electron chi connectivity index (χ3n) is 5.80. The van der Waals surface area contributed by atoms with Crippen molar-refractivity contribution in [1.29, 1.82) is 0 Å². The van der Waals surface area contributed by atoms with E-state index in [2.05, 4.69) is 47.2 Å². The number of hydrogen-bond donors (Lipinski definition) is 2. The number of carbonyl (C=O) groups excluding carboxylic acids is 1. The van der Waals surface area contributed by atoms with E-state index in [-0.39, 0.29) is 11.8 Å². The Morgan fingerprint density at radius 2 is 2.13 bits per heavy atom. The minimum absolute atomic E-state index is 0.206. The third-order valence-corrected chi connectivity index (χ3v) is 5.80. The van der Waals surface area contributed by atoms with Crippen molar-refractivity contribution in [2.24, 2.45) is 11.3 Å². The summed E-state index contributed by atoms with van der Waals surface area (Å²) < 4.78 is 2.30. The second-order valence-corrected chi connectivity index (χ2v) is 7.16. The molecule has 2 N–H and O–H groups in total. The number of carbonyl (C=O) groups is 1. The lowest BCUT2D eigenvalue weighted by molar-refractivity contribution is -0.118. The number of anilines is 1. The molecule has 1 atom stereocenters. The summed E-state index contributed by atoms with van der Waals surface area (Å²) >= 11 is 0. The van der Waals surface area contributed by atoms with E-state index < -0.39 is 0 Å². The minimum atomic E-state index is 0.206. The van der Waals surface area contributed by atoms with Crippen molar-refractivity contribution in [2.75, 3.05) is 18.4 Å². The topological polar surface area (TPSA) is 46.1 Å². The largest absolute Gasteiger partial charge is 0.345 e. The molecule has 2 aromatic rings. The molecule has 4 heteroatoms. The Hall–Kier alpha value is -1.81. The van der Waals surface area contributed by atoms with Crippen molar-refractivity contribution in [3.63, 3.8) is 0 Å². The summed E-state index contributed by atoms with van der Waals surface area (Å²) in [7, 11) is 0. The molecule has 122 valence electrons. The van der Waals surface area contributed by atoms with Crippen LogP contribution in [0.1, 0.15) is 31.9 Å². The molecular weight excluding hydrogens is 286 g/mol. The number of aromatic nitrogens is 1. The van der Waals surface area contributed by atoms with Gasteiger partial charge in [-0.1, -0.05) is 0 Å². The number of piperidine rings is 1. The van der Waals surface area contributed by atoms with Crippen LogP contribution in [0.2, 0.25) is 0 Å². The summed E-state index contributed by atoms with van der Waals surface area (Å²) in [5, 5.41) is 7.74. The Bertz CT molecular complexity index is 755. The van der Waals surface area contributed by atoms with Gasteiger partial charge in [0.25, 0.3) is 0 Å². The zero-order valence-electron chi connectivity index (χ0n) is 14.0. The van der Waals surface area contributed by atoms with Gasteiger partial charge in [0, 0.05) is 34.7 Å². The van der Waals surface area contributed by atoms with Gasteiger partial charge in [0.05, 0.1) is 0 Å². The lowest BCUT2D eigenvalue weighted by atomic mass is 9.92. The standard InChI is InChI=1S/C19H25N3O/c1-3-22-13(2)10-14-11-15(4-5-17(14)22)21-18(23)16-12-19(16)6-8-20-9-7-19/h4-5,10-11,16,20H,3,6-9,12H2,1-2H3,(H,21,23). The highest BCUT2D eigenvalue weighted by Gasteiger charge is 2.57. The fourth-order valence-corrected chi connectivity index (χ4v) is 4.33. The molecular formula is C19H25N3O. The first kappa shape index (κ1) is 14.8. The van der Waals surface area contributed by atoms with Gasteiger partial charge in [0.2, 0.25) is 5.91 Å². The molecule has 0 bridgehead atoms. The Balaban J connectivity index is 1.51. The van der Waals surface area contributed by atoms with Crippen LogP contribution in [0, 0.1) is 18.3 Å². The molecule has 1 unspecified atom stereocenters. The van der Waals surface area contributed by atoms with Crippen LogP contribution >= 0.6 is 0 Å². The van der Waals surface area contributed by atoms with Gasteiger partial charge in [-0.3, -0.25) is 4.79 Å². The van der Waals surface area contributed by atoms with Gasteiger partial charge >= 0.3 is 0 Å². The fraction of sp³-hybridized carbons (Fsp3) is 0.526. The number of rotatable bonds is 3. The van der Waals surface area contributed by atoms with E-state index in [0.29, 0.717) is 5.41 Å². The molecule has 1 saturated heterocycles. The smallest absolute Gasteiger partial charge is 0.228 e. The SMILES string of the molecule is CCn1c(C)cc2cc(NC(=O)C3CC34CCNCC4)ccc21. The maximum atomic E-state index is 12.6. The quantitative estimate of drug-likeness (QED) is 0.913. The van der Waals surface area contributed by atoms with Crippen LogP contribution in [0.25, 0.3) is 10.9 Å². The molecule has 1 saturated carbocycles. The Morgan fingerprint density at radius 1 is 1.35 bits per heavy atom. The number of benzene rings is 1. The number of aryl methyl sites for hydroxylation is 2. The summed E-state index contributed by atoms with van der Waals surface area (Å²) in [6, 6.07) is 8.45. The lowest BCUT2D eigenvalue weighted by Gasteiger charge is -2.23. The van der Waals surface area contributed by atoms with Gasteiger partial charge < -0.3 is 15.2 Å². The number of nitrogens with one attached hydrogen (secondary N) is 2. The lowest BCUT2D eigenvalue weighted by Crippen LogP contribution is -2.31. The maximum absolute atomic E-state index is 12.6. The predicted molar refractivity (Wildman–Crippen MR) is 93.6 cm³/mol. The molecule has 2 aliphatic rings. The second kappa shape index (κ2) is 5.38. The first-order valence-electron chi connectivity index (χ1n) is 8.74. The summed E-state index contributed by atoms with van der Waals surface area (Å²) in [4.78, 5) is 12.6. The van der Waals surface area contributed by atoms with Crippen molar-refractivity contribution in [3.8, 4) is 0 Å². The van der Waals surface area contributed by atoms with Crippen LogP contribution in [-0.4, -0.2) is 23.6 Å². The molecule has 4 rings (SSSR count). The van der Waals surface area contributed by atoms with Crippen LogP contribution in [0.3, 0.4) is 0 Å². The first-order chi connectivity index (χ1) is 11.1. The Morgan fingerprint density at radius 3 is 2.87 bits per heavy atom. The normalized spacial score (nSPS) is 22.4. The molecule has 23 heavy (non-hydrogen) atoms. The van der Waals surface area contributed by atoms with Gasteiger partial charge in [-0.05, 0) is 75.9 Å². The van der Waals surface area contributed by atoms with Crippen LogP contribution < -0.4 is 10.6 Å². The number of fused-ring (bicyclic) bond motifs is 1. The van der Waals surface area contributed by atoms with Crippen molar-refractivity contribution in [2.45, 2.75) is 39.7 Å². The van der Waals surface area contributed by atoms with Gasteiger partial charge in [0.15, 0.2) is 0 Å². The van der Waals surface area contributed by atoms with Crippen molar-refractivity contribution < 1.29 is 4.79 Å². The molecule has 1 aliphatic heterocycles. The van der Waals surface area contributed by atoms with E-state index in [1.54, 1.807) is 0 Å². The van der Waals surface area contributed by atoms with Gasteiger partial charge in [-0.25, -0.2) is 0 Å². The van der Waals surface area contributed by atoms with E-state index in [0.717, 1.165) is 44.6 Å². The maximum Gasteiger partial charge on any atom is 0.228 e. The van der Waals surface area contributed by atoms with Crippen LogP contribution in [0.4, 0.5) is 5.69 Å². The molecule has 2 fully saturated rings. The van der Waals surface area contributed by atoms with Crippen molar-refractivity contribution in [1.82, 2.24) is 9.88 Å². The van der Waals surface area contributed by atoms with E-state index in [9.17, 15) is 4.79 Å². The van der Waals surface area contributed by atoms with E-state index >= 15 is 0 Å². The van der Waals surface area contributed by atoms with Crippen molar-refractivity contribution >= 4 is 22.5 Å². The summed E-state index contributed by atoms with van der Waals surface area (Å²) in [6.45, 7) is 7.37. The minimum Gasteiger partial charge on any atom is -0.345 e. The number of amides is 1. The average Bonchev–Trinajstić information content (AvgIpc) is 3.13. The second-order valence-electron chi connectivity index (χ2n) is 7.16. The van der Waals surface area contributed by atoms with Crippen LogP contribution in [0.5, 0.6) is 0 Å². The number of hydrogen-bond acceptors (Lipinski definition) is 2. The Kier molecular flexibility index (Phi) is 3.45. The molecule has 2 heterocycles. The highest BCUT2D eigenvalue weighted by molar-refractivity contribution is 5.97. The van der Waals surface area contributed by atoms with Gasteiger partial charge in [-0.2, -0.15) is 0 Å². The van der Waals surface area contributed by atoms with Crippen LogP contribution in [-0.2, 0) is 11.3 Å². The predicted octanol–water partition coefficient (Wildman–Crippen LogP) is 3.30. The molecule has 1 amide bonds. The molecule has 1 aromatic carbocycles. The van der Waals surface area contributed by atoms with Crippen molar-refractivity contribution in [3.05, 3.63) is 30.0 Å². The third kappa shape index (κ3) is 2.45. The Labute approximate surface area is 137 Å². The van der Waals surface area contributed by atoms with E-state index in [1.165, 1.54) is 16.6 Å².